The van der Waals surface area contributed by atoms with Gasteiger partial charge in [0, 0.05) is 0 Å². The summed E-state index contributed by atoms with van der Waals surface area (Å²) in [6.07, 6.45) is 5.44. The fraction of sp³-hybridized carbons (Fsp3) is 0.0476. The molecule has 6 nitrogen and oxygen atoms in total. The average molecular weight is 389 g/mol. The SMILES string of the molecule is COC(=O)c1ccc(C=c2sc3nc(C=Cc4ccccc4)nn3c2=O)cc1. The molecule has 0 fully saturated rings. The fourth-order valence-electron chi connectivity index (χ4n) is 2.64. The minimum Gasteiger partial charge on any atom is -0.465 e. The molecule has 0 spiro atoms. The van der Waals surface area contributed by atoms with Crippen LogP contribution in [0.15, 0.2) is 59.4 Å². The average Bonchev–Trinajstić information content (AvgIpc) is 3.26. The molecule has 7 heteroatoms. The summed E-state index contributed by atoms with van der Waals surface area (Å²) < 4.78 is 6.52. The first-order valence-electron chi connectivity index (χ1n) is 8.47. The van der Waals surface area contributed by atoms with Crippen molar-refractivity contribution < 1.29 is 9.53 Å². The largest absolute Gasteiger partial charge is 0.465 e. The van der Waals surface area contributed by atoms with Crippen LogP contribution in [0, 0.1) is 0 Å². The Morgan fingerprint density at radius 1 is 1.04 bits per heavy atom. The Kier molecular flexibility index (Phi) is 4.82. The van der Waals surface area contributed by atoms with Crippen molar-refractivity contribution in [2.45, 2.75) is 0 Å². The molecule has 4 rings (SSSR count). The van der Waals surface area contributed by atoms with E-state index in [0.29, 0.717) is 20.9 Å². The molecule has 0 radical (unpaired) electrons. The highest BCUT2D eigenvalue weighted by Gasteiger charge is 2.09. The van der Waals surface area contributed by atoms with Crippen LogP contribution in [0.5, 0.6) is 0 Å². The lowest BCUT2D eigenvalue weighted by molar-refractivity contribution is 0.0600. The third-order valence-corrected chi connectivity index (χ3v) is 5.01. The molecular weight excluding hydrogens is 374 g/mol. The van der Waals surface area contributed by atoms with E-state index >= 15 is 0 Å². The molecule has 0 saturated heterocycles. The van der Waals surface area contributed by atoms with Gasteiger partial charge in [0.15, 0.2) is 5.82 Å². The number of carbonyl (C=O) groups is 1. The number of ether oxygens (including phenoxy) is 1. The summed E-state index contributed by atoms with van der Waals surface area (Å²) in [6, 6.07) is 16.6. The topological polar surface area (TPSA) is 73.6 Å². The van der Waals surface area contributed by atoms with Crippen molar-refractivity contribution in [3.8, 4) is 0 Å². The highest BCUT2D eigenvalue weighted by molar-refractivity contribution is 7.15. The molecule has 4 aromatic rings. The van der Waals surface area contributed by atoms with E-state index < -0.39 is 5.97 Å². The number of nitrogens with zero attached hydrogens (tertiary/aromatic N) is 3. The van der Waals surface area contributed by atoms with Gasteiger partial charge >= 0.3 is 5.97 Å². The Hall–Kier alpha value is -3.58. The molecule has 0 atom stereocenters. The van der Waals surface area contributed by atoms with Crippen LogP contribution < -0.4 is 10.1 Å². The Morgan fingerprint density at radius 3 is 2.46 bits per heavy atom. The molecule has 0 aliphatic carbocycles. The molecule has 2 heterocycles. The van der Waals surface area contributed by atoms with Gasteiger partial charge in [-0.3, -0.25) is 4.79 Å². The monoisotopic (exact) mass is 389 g/mol. The summed E-state index contributed by atoms with van der Waals surface area (Å²) in [5.74, 6) is 0.0899. The minimum atomic E-state index is -0.397. The number of thiazole rings is 1. The van der Waals surface area contributed by atoms with Crippen LogP contribution >= 0.6 is 11.3 Å². The lowest BCUT2D eigenvalue weighted by Gasteiger charge is -1.98. The Morgan fingerprint density at radius 2 is 1.79 bits per heavy atom. The predicted molar refractivity (Wildman–Crippen MR) is 109 cm³/mol. The quantitative estimate of drug-likeness (QED) is 0.502. The maximum absolute atomic E-state index is 12.6. The molecule has 2 aromatic heterocycles. The maximum atomic E-state index is 12.6. The van der Waals surface area contributed by atoms with E-state index in [1.165, 1.54) is 23.0 Å². The number of carbonyl (C=O) groups excluding carboxylic acids is 1. The Labute approximate surface area is 164 Å². The first-order chi connectivity index (χ1) is 13.6. The Bertz CT molecular complexity index is 1270. The van der Waals surface area contributed by atoms with Crippen molar-refractivity contribution in [3.05, 3.63) is 92.0 Å². The summed E-state index contributed by atoms with van der Waals surface area (Å²) in [6.45, 7) is 0. The van der Waals surface area contributed by atoms with Crippen molar-refractivity contribution in [3.63, 3.8) is 0 Å². The predicted octanol–water partition coefficient (Wildman–Crippen LogP) is 2.66. The zero-order valence-corrected chi connectivity index (χ0v) is 15.7. The molecule has 138 valence electrons. The number of esters is 1. The number of methoxy groups -OCH3 is 1. The number of hydrogen-bond donors (Lipinski definition) is 0. The van der Waals surface area contributed by atoms with Gasteiger partial charge in [-0.15, -0.1) is 5.10 Å². The van der Waals surface area contributed by atoms with Crippen LogP contribution in [0.1, 0.15) is 27.3 Å². The molecule has 2 aromatic carbocycles. The van der Waals surface area contributed by atoms with Crippen molar-refractivity contribution in [1.82, 2.24) is 14.6 Å². The number of rotatable bonds is 4. The standard InChI is InChI=1S/C21H15N3O3S/c1-27-20(26)16-10-7-15(8-11-16)13-17-19(25)24-21(28-17)22-18(23-24)12-9-14-5-3-2-4-6-14/h2-13H,1H3. The molecule has 0 N–H and O–H groups in total. The van der Waals surface area contributed by atoms with Gasteiger partial charge in [0.2, 0.25) is 4.96 Å². The normalized spacial score (nSPS) is 12.1. The van der Waals surface area contributed by atoms with Gasteiger partial charge in [-0.1, -0.05) is 59.9 Å². The van der Waals surface area contributed by atoms with Crippen molar-refractivity contribution in [2.75, 3.05) is 7.11 Å². The van der Waals surface area contributed by atoms with Gasteiger partial charge in [0.05, 0.1) is 17.2 Å². The van der Waals surface area contributed by atoms with Crippen LogP contribution in [0.3, 0.4) is 0 Å². The number of benzene rings is 2. The molecule has 0 aliphatic rings. The molecular formula is C21H15N3O3S. The second-order valence-corrected chi connectivity index (χ2v) is 6.95. The van der Waals surface area contributed by atoms with Gasteiger partial charge in [-0.2, -0.15) is 9.50 Å². The summed E-state index contributed by atoms with van der Waals surface area (Å²) in [5, 5.41) is 4.27. The molecule has 0 bridgehead atoms. The maximum Gasteiger partial charge on any atom is 0.337 e. The zero-order chi connectivity index (χ0) is 19.5. The fourth-order valence-corrected chi connectivity index (χ4v) is 3.55. The van der Waals surface area contributed by atoms with E-state index in [0.717, 1.165) is 11.1 Å². The molecule has 0 aliphatic heterocycles. The van der Waals surface area contributed by atoms with Crippen molar-refractivity contribution >= 4 is 40.5 Å². The van der Waals surface area contributed by atoms with E-state index in [2.05, 4.69) is 14.8 Å². The Balaban J connectivity index is 1.63. The lowest BCUT2D eigenvalue weighted by atomic mass is 10.1. The van der Waals surface area contributed by atoms with E-state index in [1.54, 1.807) is 36.4 Å². The van der Waals surface area contributed by atoms with E-state index in [-0.39, 0.29) is 5.56 Å². The van der Waals surface area contributed by atoms with E-state index in [9.17, 15) is 9.59 Å². The van der Waals surface area contributed by atoms with Gasteiger partial charge in [-0.05, 0) is 35.4 Å². The number of hydrogen-bond acceptors (Lipinski definition) is 6. The smallest absolute Gasteiger partial charge is 0.337 e. The molecule has 0 unspecified atom stereocenters. The van der Waals surface area contributed by atoms with E-state index in [4.69, 9.17) is 0 Å². The van der Waals surface area contributed by atoms with E-state index in [1.807, 2.05) is 36.4 Å². The summed E-state index contributed by atoms with van der Waals surface area (Å²) in [4.78, 5) is 29.0. The summed E-state index contributed by atoms with van der Waals surface area (Å²) in [5.41, 5.74) is 2.08. The van der Waals surface area contributed by atoms with Crippen LogP contribution in [0.2, 0.25) is 0 Å². The summed E-state index contributed by atoms with van der Waals surface area (Å²) >= 11 is 1.27. The first kappa shape index (κ1) is 17.8. The minimum absolute atomic E-state index is 0.219. The third kappa shape index (κ3) is 3.60. The van der Waals surface area contributed by atoms with Crippen molar-refractivity contribution in [1.29, 1.82) is 0 Å². The first-order valence-corrected chi connectivity index (χ1v) is 9.28. The lowest BCUT2D eigenvalue weighted by Crippen LogP contribution is -2.23. The van der Waals surface area contributed by atoms with Gasteiger partial charge in [0.1, 0.15) is 0 Å². The van der Waals surface area contributed by atoms with Crippen LogP contribution in [0.25, 0.3) is 23.2 Å². The second kappa shape index (κ2) is 7.58. The third-order valence-electron chi connectivity index (χ3n) is 4.05. The van der Waals surface area contributed by atoms with Crippen LogP contribution in [-0.4, -0.2) is 27.7 Å². The van der Waals surface area contributed by atoms with Gasteiger partial charge in [-0.25, -0.2) is 4.79 Å². The molecule has 28 heavy (non-hydrogen) atoms. The van der Waals surface area contributed by atoms with Crippen LogP contribution in [0.4, 0.5) is 0 Å². The second-order valence-electron chi connectivity index (χ2n) is 5.94. The van der Waals surface area contributed by atoms with Gasteiger partial charge in [0.25, 0.3) is 5.56 Å². The molecule has 0 saturated carbocycles. The highest BCUT2D eigenvalue weighted by Crippen LogP contribution is 2.09. The number of fused-ring (bicyclic) bond motifs is 1. The number of aromatic nitrogens is 3. The van der Waals surface area contributed by atoms with Crippen molar-refractivity contribution in [2.24, 2.45) is 0 Å². The zero-order valence-electron chi connectivity index (χ0n) is 14.9. The molecule has 0 amide bonds. The van der Waals surface area contributed by atoms with Gasteiger partial charge < -0.3 is 4.74 Å². The summed E-state index contributed by atoms with van der Waals surface area (Å²) in [7, 11) is 1.34. The van der Waals surface area contributed by atoms with Crippen LogP contribution in [-0.2, 0) is 4.74 Å². The highest BCUT2D eigenvalue weighted by atomic mass is 32.1.